The van der Waals surface area contributed by atoms with Crippen LogP contribution in [-0.4, -0.2) is 30.8 Å². The molecule has 114 valence electrons. The van der Waals surface area contributed by atoms with E-state index in [1.165, 1.54) is 6.07 Å². The summed E-state index contributed by atoms with van der Waals surface area (Å²) < 4.78 is 14.1. The van der Waals surface area contributed by atoms with Gasteiger partial charge in [-0.3, -0.25) is 4.79 Å². The third kappa shape index (κ3) is 2.92. The third-order valence-electron chi connectivity index (χ3n) is 4.27. The first-order chi connectivity index (χ1) is 10.6. The molecule has 1 saturated heterocycles. The summed E-state index contributed by atoms with van der Waals surface area (Å²) in [5.74, 6) is -0.538. The molecular formula is C18H17ClFNO. The lowest BCUT2D eigenvalue weighted by Crippen LogP contribution is -2.22. The fourth-order valence-electron chi connectivity index (χ4n) is 3.19. The molecule has 2 aromatic carbocycles. The number of benzene rings is 2. The zero-order chi connectivity index (χ0) is 15.7. The monoisotopic (exact) mass is 317 g/mol. The largest absolute Gasteiger partial charge is 0.305 e. The summed E-state index contributed by atoms with van der Waals surface area (Å²) >= 11 is 5.88. The number of ketones is 1. The van der Waals surface area contributed by atoms with Gasteiger partial charge in [-0.15, -0.1) is 0 Å². The van der Waals surface area contributed by atoms with Gasteiger partial charge in [0, 0.05) is 35.5 Å². The van der Waals surface area contributed by atoms with Crippen LogP contribution in [0.3, 0.4) is 0 Å². The van der Waals surface area contributed by atoms with Crippen LogP contribution in [0.2, 0.25) is 5.02 Å². The highest BCUT2D eigenvalue weighted by Crippen LogP contribution is 2.35. The van der Waals surface area contributed by atoms with Crippen LogP contribution in [0.1, 0.15) is 21.8 Å². The van der Waals surface area contributed by atoms with Gasteiger partial charge in [-0.05, 0) is 42.9 Å². The Morgan fingerprint density at radius 3 is 2.50 bits per heavy atom. The van der Waals surface area contributed by atoms with Crippen molar-refractivity contribution in [2.24, 2.45) is 5.92 Å². The number of hydrogen-bond donors (Lipinski definition) is 0. The fraction of sp³-hybridized carbons (Fsp3) is 0.278. The van der Waals surface area contributed by atoms with Gasteiger partial charge >= 0.3 is 0 Å². The number of carbonyl (C=O) groups excluding carboxylic acids is 1. The van der Waals surface area contributed by atoms with Gasteiger partial charge in [-0.25, -0.2) is 4.39 Å². The summed E-state index contributed by atoms with van der Waals surface area (Å²) in [6.45, 7) is 1.32. The summed E-state index contributed by atoms with van der Waals surface area (Å²) in [4.78, 5) is 14.9. The number of hydrogen-bond acceptors (Lipinski definition) is 2. The minimum atomic E-state index is -0.239. The Kier molecular flexibility index (Phi) is 4.27. The molecule has 2 aromatic rings. The van der Waals surface area contributed by atoms with Crippen molar-refractivity contribution < 1.29 is 9.18 Å². The minimum absolute atomic E-state index is 0.0502. The first-order valence-electron chi connectivity index (χ1n) is 7.29. The summed E-state index contributed by atoms with van der Waals surface area (Å²) in [6.07, 6.45) is 0. The Morgan fingerprint density at radius 1 is 1.14 bits per heavy atom. The van der Waals surface area contributed by atoms with Gasteiger partial charge in [0.1, 0.15) is 5.82 Å². The summed E-state index contributed by atoms with van der Waals surface area (Å²) in [7, 11) is 1.96. The smallest absolute Gasteiger partial charge is 0.167 e. The first-order valence-corrected chi connectivity index (χ1v) is 7.67. The number of carbonyl (C=O) groups is 1. The maximum atomic E-state index is 14.1. The van der Waals surface area contributed by atoms with Gasteiger partial charge in [0.05, 0.1) is 0 Å². The zero-order valence-corrected chi connectivity index (χ0v) is 13.1. The quantitative estimate of drug-likeness (QED) is 0.797. The molecule has 0 N–H and O–H groups in total. The van der Waals surface area contributed by atoms with E-state index in [4.69, 9.17) is 11.6 Å². The molecule has 1 aliphatic rings. The van der Waals surface area contributed by atoms with Crippen molar-refractivity contribution in [1.29, 1.82) is 0 Å². The molecule has 0 aromatic heterocycles. The topological polar surface area (TPSA) is 20.3 Å². The summed E-state index contributed by atoms with van der Waals surface area (Å²) in [6, 6.07) is 13.6. The molecule has 22 heavy (non-hydrogen) atoms. The molecule has 0 amide bonds. The molecule has 1 aliphatic heterocycles. The third-order valence-corrected chi connectivity index (χ3v) is 4.52. The lowest BCUT2D eigenvalue weighted by Gasteiger charge is -2.18. The second-order valence-electron chi connectivity index (χ2n) is 5.83. The van der Waals surface area contributed by atoms with Crippen LogP contribution in [0.5, 0.6) is 0 Å². The molecule has 2 atom stereocenters. The maximum Gasteiger partial charge on any atom is 0.167 e. The van der Waals surface area contributed by atoms with Crippen LogP contribution in [0.25, 0.3) is 0 Å². The normalized spacial score (nSPS) is 22.0. The van der Waals surface area contributed by atoms with Crippen molar-refractivity contribution in [3.63, 3.8) is 0 Å². The Morgan fingerprint density at radius 2 is 1.82 bits per heavy atom. The van der Waals surface area contributed by atoms with Gasteiger partial charge in [0.2, 0.25) is 0 Å². The van der Waals surface area contributed by atoms with E-state index in [2.05, 4.69) is 4.90 Å². The number of likely N-dealkylation sites (tertiary alicyclic amines) is 1. The van der Waals surface area contributed by atoms with E-state index in [0.717, 1.165) is 0 Å². The van der Waals surface area contributed by atoms with E-state index in [1.54, 1.807) is 36.4 Å². The van der Waals surface area contributed by atoms with E-state index in [1.807, 2.05) is 13.1 Å². The Balaban J connectivity index is 1.92. The lowest BCUT2D eigenvalue weighted by atomic mass is 9.83. The van der Waals surface area contributed by atoms with Crippen LogP contribution in [-0.2, 0) is 0 Å². The van der Waals surface area contributed by atoms with E-state index < -0.39 is 0 Å². The van der Waals surface area contributed by atoms with Crippen LogP contribution in [0, 0.1) is 11.7 Å². The molecule has 2 nitrogen and oxygen atoms in total. The van der Waals surface area contributed by atoms with Crippen molar-refractivity contribution in [3.05, 3.63) is 70.5 Å². The van der Waals surface area contributed by atoms with E-state index in [-0.39, 0.29) is 23.4 Å². The number of rotatable bonds is 3. The van der Waals surface area contributed by atoms with E-state index in [0.29, 0.717) is 29.2 Å². The molecule has 0 radical (unpaired) electrons. The van der Waals surface area contributed by atoms with Crippen molar-refractivity contribution in [1.82, 2.24) is 4.90 Å². The molecule has 0 bridgehead atoms. The second-order valence-corrected chi connectivity index (χ2v) is 6.26. The summed E-state index contributed by atoms with van der Waals surface area (Å²) in [5.41, 5.74) is 1.25. The average molecular weight is 318 g/mol. The van der Waals surface area contributed by atoms with Crippen LogP contribution >= 0.6 is 11.6 Å². The van der Waals surface area contributed by atoms with Crippen LogP contribution in [0.15, 0.2) is 48.5 Å². The highest BCUT2D eigenvalue weighted by atomic mass is 35.5. The van der Waals surface area contributed by atoms with Crippen molar-refractivity contribution in [2.45, 2.75) is 5.92 Å². The molecule has 1 fully saturated rings. The van der Waals surface area contributed by atoms with E-state index in [9.17, 15) is 9.18 Å². The predicted octanol–water partition coefficient (Wildman–Crippen LogP) is 4.01. The Bertz CT molecular complexity index is 686. The highest BCUT2D eigenvalue weighted by Gasteiger charge is 2.38. The standard InChI is InChI=1S/C18H17ClFNO/c1-21-10-15(14-4-2-3-5-17(14)20)16(11-21)18(22)12-6-8-13(19)9-7-12/h2-9,15-16H,10-11H2,1H3/t15-,16-/m0/s1. The van der Waals surface area contributed by atoms with Gasteiger partial charge in [0.15, 0.2) is 5.78 Å². The van der Waals surface area contributed by atoms with Crippen molar-refractivity contribution in [2.75, 3.05) is 20.1 Å². The molecule has 1 heterocycles. The molecular weight excluding hydrogens is 301 g/mol. The van der Waals surface area contributed by atoms with Crippen molar-refractivity contribution >= 4 is 17.4 Å². The van der Waals surface area contributed by atoms with Crippen LogP contribution in [0.4, 0.5) is 4.39 Å². The molecule has 0 unspecified atom stereocenters. The molecule has 0 aliphatic carbocycles. The molecule has 4 heteroatoms. The molecule has 0 saturated carbocycles. The minimum Gasteiger partial charge on any atom is -0.305 e. The van der Waals surface area contributed by atoms with Crippen molar-refractivity contribution in [3.8, 4) is 0 Å². The number of halogens is 2. The second kappa shape index (κ2) is 6.19. The molecule has 3 rings (SSSR count). The van der Waals surface area contributed by atoms with E-state index >= 15 is 0 Å². The SMILES string of the molecule is CN1C[C@H](C(=O)c2ccc(Cl)cc2)[C@H](c2ccccc2F)C1. The first kappa shape index (κ1) is 15.2. The van der Waals surface area contributed by atoms with Gasteiger partial charge in [0.25, 0.3) is 0 Å². The molecule has 0 spiro atoms. The average Bonchev–Trinajstić information content (AvgIpc) is 2.89. The van der Waals surface area contributed by atoms with Gasteiger partial charge in [-0.1, -0.05) is 29.8 Å². The lowest BCUT2D eigenvalue weighted by molar-refractivity contribution is 0.0915. The maximum absolute atomic E-state index is 14.1. The number of likely N-dealkylation sites (N-methyl/N-ethyl adjacent to an activating group) is 1. The predicted molar refractivity (Wildman–Crippen MR) is 85.9 cm³/mol. The van der Waals surface area contributed by atoms with Gasteiger partial charge < -0.3 is 4.90 Å². The zero-order valence-electron chi connectivity index (χ0n) is 12.3. The fourth-order valence-corrected chi connectivity index (χ4v) is 3.31. The Labute approximate surface area is 134 Å². The summed E-state index contributed by atoms with van der Waals surface area (Å²) in [5, 5.41) is 0.603. The van der Waals surface area contributed by atoms with Crippen LogP contribution < -0.4 is 0 Å². The number of nitrogens with zero attached hydrogens (tertiary/aromatic N) is 1. The highest BCUT2D eigenvalue weighted by molar-refractivity contribution is 6.30. The number of Topliss-reactive ketones (excluding diaryl/α,β-unsaturated/α-hetero) is 1. The Hall–Kier alpha value is -1.71. The van der Waals surface area contributed by atoms with Gasteiger partial charge in [-0.2, -0.15) is 0 Å².